The van der Waals surface area contributed by atoms with Crippen molar-refractivity contribution in [2.75, 3.05) is 5.75 Å². The highest BCUT2D eigenvalue weighted by atomic mass is 79.9. The number of hydrogen-bond donors (Lipinski definition) is 0. The Bertz CT molecular complexity index is 402. The summed E-state index contributed by atoms with van der Waals surface area (Å²) in [5.74, 6) is 1.34. The number of benzene rings is 1. The van der Waals surface area contributed by atoms with Gasteiger partial charge in [0.25, 0.3) is 0 Å². The Hall–Kier alpha value is 0.01000. The fourth-order valence-corrected chi connectivity index (χ4v) is 3.56. The van der Waals surface area contributed by atoms with Crippen molar-refractivity contribution in [3.63, 3.8) is 0 Å². The summed E-state index contributed by atoms with van der Waals surface area (Å²) in [6.45, 7) is 0. The largest absolute Gasteiger partial charge is 0.293 e. The van der Waals surface area contributed by atoms with Crippen LogP contribution in [0.25, 0.3) is 0 Å². The standard InChI is InChI=1S/C12H12BrClOS/c13-9-7-8(4-5-10(9)14)12(15)11-3-1-2-6-16-11/h4-5,7,11H,1-3,6H2. The van der Waals surface area contributed by atoms with Gasteiger partial charge >= 0.3 is 0 Å². The minimum Gasteiger partial charge on any atom is -0.293 e. The molecule has 1 atom stereocenters. The average molecular weight is 320 g/mol. The Morgan fingerprint density at radius 3 is 2.88 bits per heavy atom. The van der Waals surface area contributed by atoms with Gasteiger partial charge in [0.15, 0.2) is 5.78 Å². The van der Waals surface area contributed by atoms with E-state index in [2.05, 4.69) is 15.9 Å². The molecule has 0 spiro atoms. The lowest BCUT2D eigenvalue weighted by atomic mass is 10.0. The summed E-state index contributed by atoms with van der Waals surface area (Å²) in [7, 11) is 0. The minimum absolute atomic E-state index is 0.141. The normalized spacial score (nSPS) is 20.8. The number of thioether (sulfide) groups is 1. The lowest BCUT2D eigenvalue weighted by Gasteiger charge is -2.20. The highest BCUT2D eigenvalue weighted by Gasteiger charge is 2.23. The van der Waals surface area contributed by atoms with Crippen molar-refractivity contribution in [2.45, 2.75) is 24.5 Å². The zero-order valence-corrected chi connectivity index (χ0v) is 11.9. The lowest BCUT2D eigenvalue weighted by Crippen LogP contribution is -2.20. The van der Waals surface area contributed by atoms with Gasteiger partial charge in [0, 0.05) is 10.0 Å². The number of carbonyl (C=O) groups excluding carboxylic acids is 1. The molecule has 1 aliphatic heterocycles. The van der Waals surface area contributed by atoms with Gasteiger partial charge in [-0.1, -0.05) is 18.0 Å². The molecule has 0 N–H and O–H groups in total. The second-order valence-corrected chi connectivity index (χ2v) is 6.42. The smallest absolute Gasteiger partial charge is 0.175 e. The van der Waals surface area contributed by atoms with Gasteiger partial charge in [0.2, 0.25) is 0 Å². The predicted molar refractivity (Wildman–Crippen MR) is 73.6 cm³/mol. The van der Waals surface area contributed by atoms with Crippen molar-refractivity contribution in [3.05, 3.63) is 33.3 Å². The van der Waals surface area contributed by atoms with Crippen molar-refractivity contribution in [1.29, 1.82) is 0 Å². The van der Waals surface area contributed by atoms with Crippen LogP contribution in [0.4, 0.5) is 0 Å². The predicted octanol–water partition coefficient (Wildman–Crippen LogP) is 4.57. The highest BCUT2D eigenvalue weighted by Crippen LogP contribution is 2.30. The minimum atomic E-state index is 0.141. The molecule has 1 fully saturated rings. The number of ketones is 1. The van der Waals surface area contributed by atoms with Crippen molar-refractivity contribution in [3.8, 4) is 0 Å². The fraction of sp³-hybridized carbons (Fsp3) is 0.417. The molecular formula is C12H12BrClOS. The second kappa shape index (κ2) is 5.56. The van der Waals surface area contributed by atoms with E-state index < -0.39 is 0 Å². The number of hydrogen-bond acceptors (Lipinski definition) is 2. The Morgan fingerprint density at radius 1 is 1.44 bits per heavy atom. The maximum absolute atomic E-state index is 12.2. The van der Waals surface area contributed by atoms with Crippen LogP contribution >= 0.6 is 39.3 Å². The summed E-state index contributed by atoms with van der Waals surface area (Å²) >= 11 is 11.0. The second-order valence-electron chi connectivity index (χ2n) is 3.85. The van der Waals surface area contributed by atoms with E-state index >= 15 is 0 Å². The average Bonchev–Trinajstić information content (AvgIpc) is 2.33. The lowest BCUT2D eigenvalue weighted by molar-refractivity contribution is 0.0985. The van der Waals surface area contributed by atoms with Gasteiger partial charge in [0.1, 0.15) is 0 Å². The molecule has 2 rings (SSSR count). The molecule has 1 unspecified atom stereocenters. The molecule has 0 aliphatic carbocycles. The van der Waals surface area contributed by atoms with Crippen LogP contribution in [0.3, 0.4) is 0 Å². The summed E-state index contributed by atoms with van der Waals surface area (Å²) in [4.78, 5) is 12.2. The first-order valence-electron chi connectivity index (χ1n) is 5.29. The van der Waals surface area contributed by atoms with Gasteiger partial charge in [-0.3, -0.25) is 4.79 Å². The Balaban J connectivity index is 2.16. The molecule has 1 aliphatic rings. The van der Waals surface area contributed by atoms with E-state index in [-0.39, 0.29) is 11.0 Å². The molecule has 0 aromatic heterocycles. The van der Waals surface area contributed by atoms with Crippen LogP contribution in [-0.2, 0) is 0 Å². The zero-order chi connectivity index (χ0) is 11.5. The van der Waals surface area contributed by atoms with Crippen molar-refractivity contribution in [2.24, 2.45) is 0 Å². The number of Topliss-reactive ketones (excluding diaryl/α,β-unsaturated/α-hetero) is 1. The van der Waals surface area contributed by atoms with Crippen LogP contribution in [0.2, 0.25) is 5.02 Å². The molecule has 1 aromatic carbocycles. The number of rotatable bonds is 2. The molecule has 0 amide bonds. The van der Waals surface area contributed by atoms with Crippen LogP contribution in [0.1, 0.15) is 29.6 Å². The maximum Gasteiger partial charge on any atom is 0.175 e. The third-order valence-electron chi connectivity index (χ3n) is 2.68. The first-order chi connectivity index (χ1) is 7.68. The van der Waals surface area contributed by atoms with E-state index in [0.29, 0.717) is 5.02 Å². The Labute approximate surface area is 113 Å². The highest BCUT2D eigenvalue weighted by molar-refractivity contribution is 9.10. The molecule has 1 saturated heterocycles. The molecule has 1 aromatic rings. The topological polar surface area (TPSA) is 17.1 Å². The van der Waals surface area contributed by atoms with E-state index in [1.165, 1.54) is 6.42 Å². The van der Waals surface area contributed by atoms with Gasteiger partial charge in [-0.2, -0.15) is 11.8 Å². The summed E-state index contributed by atoms with van der Waals surface area (Å²) in [6, 6.07) is 5.40. The molecule has 1 nitrogen and oxygen atoms in total. The summed E-state index contributed by atoms with van der Waals surface area (Å²) in [5, 5.41) is 0.787. The van der Waals surface area contributed by atoms with E-state index in [1.54, 1.807) is 17.8 Å². The first-order valence-corrected chi connectivity index (χ1v) is 7.51. The third-order valence-corrected chi connectivity index (χ3v) is 5.27. The van der Waals surface area contributed by atoms with E-state index in [9.17, 15) is 4.79 Å². The maximum atomic E-state index is 12.2. The first kappa shape index (κ1) is 12.5. The van der Waals surface area contributed by atoms with E-state index in [1.807, 2.05) is 12.1 Å². The van der Waals surface area contributed by atoms with Crippen LogP contribution in [0, 0.1) is 0 Å². The Kier molecular flexibility index (Phi) is 4.34. The van der Waals surface area contributed by atoms with Gasteiger partial charge in [-0.15, -0.1) is 0 Å². The quantitative estimate of drug-likeness (QED) is 0.743. The number of carbonyl (C=O) groups is 1. The van der Waals surface area contributed by atoms with Crippen molar-refractivity contribution in [1.82, 2.24) is 0 Å². The molecule has 0 saturated carbocycles. The summed E-state index contributed by atoms with van der Waals surface area (Å²) < 4.78 is 0.792. The molecule has 86 valence electrons. The van der Waals surface area contributed by atoms with Crippen LogP contribution in [-0.4, -0.2) is 16.8 Å². The van der Waals surface area contributed by atoms with Gasteiger partial charge < -0.3 is 0 Å². The van der Waals surface area contributed by atoms with E-state index in [4.69, 9.17) is 11.6 Å². The van der Waals surface area contributed by atoms with Gasteiger partial charge in [-0.05, 0) is 52.7 Å². The molecular weight excluding hydrogens is 308 g/mol. The molecule has 0 radical (unpaired) electrons. The summed E-state index contributed by atoms with van der Waals surface area (Å²) in [6.07, 6.45) is 3.40. The van der Waals surface area contributed by atoms with Crippen molar-refractivity contribution < 1.29 is 4.79 Å². The third kappa shape index (κ3) is 2.82. The van der Waals surface area contributed by atoms with E-state index in [0.717, 1.165) is 28.6 Å². The molecule has 4 heteroatoms. The van der Waals surface area contributed by atoms with Gasteiger partial charge in [0.05, 0.1) is 10.3 Å². The fourth-order valence-electron chi connectivity index (χ4n) is 1.78. The van der Waals surface area contributed by atoms with Crippen molar-refractivity contribution >= 4 is 45.1 Å². The van der Waals surface area contributed by atoms with Crippen LogP contribution in [0.5, 0.6) is 0 Å². The number of halogens is 2. The summed E-state index contributed by atoms with van der Waals surface area (Å²) in [5.41, 5.74) is 0.760. The zero-order valence-electron chi connectivity index (χ0n) is 8.71. The molecule has 1 heterocycles. The van der Waals surface area contributed by atoms with Gasteiger partial charge in [-0.25, -0.2) is 0 Å². The molecule has 16 heavy (non-hydrogen) atoms. The SMILES string of the molecule is O=C(c1ccc(Cl)c(Br)c1)C1CCCCS1. The van der Waals surface area contributed by atoms with Crippen LogP contribution < -0.4 is 0 Å². The van der Waals surface area contributed by atoms with Crippen LogP contribution in [0.15, 0.2) is 22.7 Å². The monoisotopic (exact) mass is 318 g/mol. The molecule has 0 bridgehead atoms. The Morgan fingerprint density at radius 2 is 2.25 bits per heavy atom.